The Kier molecular flexibility index (Phi) is 42.7. The normalized spacial score (nSPS) is 14.1. The highest BCUT2D eigenvalue weighted by atomic mass is 31.2. The van der Waals surface area contributed by atoms with E-state index in [0.717, 1.165) is 38.5 Å². The molecular weight excluding hydrogens is 806 g/mol. The van der Waals surface area contributed by atoms with Gasteiger partial charge < -0.3 is 25.2 Å². The van der Waals surface area contributed by atoms with E-state index in [4.69, 9.17) is 24.8 Å². The minimum Gasteiger partial charge on any atom is -0.480 e. The summed E-state index contributed by atoms with van der Waals surface area (Å²) >= 11 is 0. The van der Waals surface area contributed by atoms with Crippen LogP contribution in [-0.4, -0.2) is 59.9 Å². The van der Waals surface area contributed by atoms with Crippen LogP contribution in [0.3, 0.4) is 0 Å². The van der Waals surface area contributed by atoms with Crippen molar-refractivity contribution in [2.45, 2.75) is 219 Å². The maximum atomic E-state index is 12.7. The van der Waals surface area contributed by atoms with Crippen LogP contribution in [0.5, 0.6) is 0 Å². The van der Waals surface area contributed by atoms with E-state index >= 15 is 0 Å². The monoisotopic (exact) mass is 894 g/mol. The minimum absolute atomic E-state index is 0.144. The van der Waals surface area contributed by atoms with Crippen molar-refractivity contribution in [2.24, 2.45) is 5.73 Å². The summed E-state index contributed by atoms with van der Waals surface area (Å²) in [5, 5.41) is 8.91. The van der Waals surface area contributed by atoms with Gasteiger partial charge in [0.2, 0.25) is 0 Å². The number of hydrogen-bond acceptors (Lipinski definition) is 9. The molecule has 0 amide bonds. The number of ether oxygens (including phenoxy) is 2. The molecule has 0 aliphatic rings. The van der Waals surface area contributed by atoms with E-state index in [-0.39, 0.29) is 19.4 Å². The van der Waals surface area contributed by atoms with Gasteiger partial charge in [0.05, 0.1) is 13.2 Å². The smallest absolute Gasteiger partial charge is 0.472 e. The number of carboxylic acid groups (broad SMARTS) is 1. The minimum atomic E-state index is -4.73. The van der Waals surface area contributed by atoms with Crippen LogP contribution in [0.25, 0.3) is 0 Å². The molecule has 0 aromatic carbocycles. The Bertz CT molecular complexity index is 1280. The van der Waals surface area contributed by atoms with E-state index in [1.165, 1.54) is 122 Å². The lowest BCUT2D eigenvalue weighted by atomic mass is 10.1. The molecule has 62 heavy (non-hydrogen) atoms. The molecule has 0 fully saturated rings. The molecule has 11 nitrogen and oxygen atoms in total. The molecule has 4 N–H and O–H groups in total. The van der Waals surface area contributed by atoms with Crippen molar-refractivity contribution in [3.05, 3.63) is 60.8 Å². The third-order valence-electron chi connectivity index (χ3n) is 10.2. The van der Waals surface area contributed by atoms with E-state index in [2.05, 4.69) is 73.1 Å². The highest BCUT2D eigenvalue weighted by molar-refractivity contribution is 7.47. The number of carbonyl (C=O) groups is 3. The number of nitrogens with two attached hydrogens (primary N) is 1. The van der Waals surface area contributed by atoms with E-state index in [1.807, 2.05) is 6.08 Å². The highest BCUT2D eigenvalue weighted by Crippen LogP contribution is 2.43. The Morgan fingerprint density at radius 1 is 0.500 bits per heavy atom. The molecule has 0 radical (unpaired) electrons. The summed E-state index contributed by atoms with van der Waals surface area (Å²) in [6.45, 7) is 2.75. The lowest BCUT2D eigenvalue weighted by molar-refractivity contribution is -0.161. The van der Waals surface area contributed by atoms with Crippen LogP contribution in [0.1, 0.15) is 206 Å². The van der Waals surface area contributed by atoms with Crippen molar-refractivity contribution in [1.82, 2.24) is 0 Å². The zero-order valence-electron chi connectivity index (χ0n) is 38.9. The Morgan fingerprint density at radius 2 is 0.871 bits per heavy atom. The van der Waals surface area contributed by atoms with Crippen molar-refractivity contribution in [3.63, 3.8) is 0 Å². The molecule has 0 saturated heterocycles. The van der Waals surface area contributed by atoms with Crippen LogP contribution >= 0.6 is 7.82 Å². The standard InChI is InChI=1S/C50H88NO10P/c1-3-5-7-9-11-13-15-17-19-21-22-23-24-26-27-29-31-33-35-37-39-41-48(52)58-43-46(44-59-62(56,57)60-45-47(51)50(54)55)61-49(53)42-40-38-36-34-32-30-28-25-20-18-16-14-12-10-8-6-4-2/h14,16,19,21,23-24,27,29,33,35,46-47H,3-13,15,17-18,20,22,25-26,28,30-32,34,36-45,51H2,1-2H3,(H,54,55)(H,56,57)/b16-14+,21-19+,24-23+,29-27+,35-33+/t46-,47+/m1/s1. The van der Waals surface area contributed by atoms with Gasteiger partial charge >= 0.3 is 25.7 Å². The number of carboxylic acids is 1. The summed E-state index contributed by atoms with van der Waals surface area (Å²) in [5.74, 6) is -2.45. The zero-order chi connectivity index (χ0) is 45.6. The molecule has 0 aromatic heterocycles. The number of phosphoric acid groups is 1. The highest BCUT2D eigenvalue weighted by Gasteiger charge is 2.28. The molecule has 0 rings (SSSR count). The molecule has 0 aromatic rings. The van der Waals surface area contributed by atoms with E-state index in [9.17, 15) is 23.8 Å². The summed E-state index contributed by atoms with van der Waals surface area (Å²) in [7, 11) is -4.73. The molecule has 0 saturated carbocycles. The average Bonchev–Trinajstić information content (AvgIpc) is 3.25. The number of hydrogen-bond donors (Lipinski definition) is 3. The van der Waals surface area contributed by atoms with Gasteiger partial charge in [0.15, 0.2) is 6.10 Å². The predicted octanol–water partition coefficient (Wildman–Crippen LogP) is 13.5. The van der Waals surface area contributed by atoms with Crippen LogP contribution in [0.15, 0.2) is 60.8 Å². The maximum absolute atomic E-state index is 12.7. The van der Waals surface area contributed by atoms with Crippen molar-refractivity contribution in [1.29, 1.82) is 0 Å². The Morgan fingerprint density at radius 3 is 1.35 bits per heavy atom. The SMILES string of the molecule is CCCCCC/C=C/CCCCCCCCCCCC(=O)O[C@H](COC(=O)CCC/C=C/C/C=C/C/C=C/C/C=C/CCCCCCCCC)COP(=O)(O)OC[C@H](N)C(=O)O. The molecule has 12 heteroatoms. The van der Waals surface area contributed by atoms with E-state index in [0.29, 0.717) is 19.3 Å². The first kappa shape index (κ1) is 59.2. The molecular formula is C50H88NO10P. The van der Waals surface area contributed by atoms with E-state index in [1.54, 1.807) is 0 Å². The third kappa shape index (κ3) is 43.8. The lowest BCUT2D eigenvalue weighted by Gasteiger charge is -2.20. The Labute approximate surface area is 377 Å². The first-order chi connectivity index (χ1) is 30.1. The lowest BCUT2D eigenvalue weighted by Crippen LogP contribution is -2.34. The maximum Gasteiger partial charge on any atom is 0.472 e. The number of unbranched alkanes of at least 4 members (excludes halogenated alkanes) is 21. The second-order valence-corrected chi connectivity index (χ2v) is 17.7. The third-order valence-corrected chi connectivity index (χ3v) is 11.2. The quantitative estimate of drug-likeness (QED) is 0.0230. The molecule has 1 unspecified atom stereocenters. The molecule has 0 aliphatic heterocycles. The van der Waals surface area contributed by atoms with Gasteiger partial charge in [-0.05, 0) is 77.0 Å². The second kappa shape index (κ2) is 44.8. The first-order valence-electron chi connectivity index (χ1n) is 24.3. The fourth-order valence-corrected chi connectivity index (χ4v) is 7.18. The Balaban J connectivity index is 4.39. The molecule has 0 bridgehead atoms. The number of phosphoric ester groups is 1. The van der Waals surface area contributed by atoms with Crippen molar-refractivity contribution in [2.75, 3.05) is 19.8 Å². The van der Waals surface area contributed by atoms with Crippen LogP contribution in [0.4, 0.5) is 0 Å². The zero-order valence-corrected chi connectivity index (χ0v) is 39.8. The predicted molar refractivity (Wildman–Crippen MR) is 254 cm³/mol. The average molecular weight is 894 g/mol. The van der Waals surface area contributed by atoms with E-state index < -0.39 is 51.1 Å². The molecule has 3 atom stereocenters. The van der Waals surface area contributed by atoms with Crippen LogP contribution in [0.2, 0.25) is 0 Å². The largest absolute Gasteiger partial charge is 0.480 e. The first-order valence-corrected chi connectivity index (χ1v) is 25.8. The van der Waals surface area contributed by atoms with Crippen LogP contribution in [0, 0.1) is 0 Å². The summed E-state index contributed by atoms with van der Waals surface area (Å²) < 4.78 is 32.7. The van der Waals surface area contributed by atoms with Gasteiger partial charge in [-0.25, -0.2) is 4.57 Å². The second-order valence-electron chi connectivity index (χ2n) is 16.2. The molecule has 358 valence electrons. The van der Waals surface area contributed by atoms with Crippen molar-refractivity contribution >= 4 is 25.7 Å². The topological polar surface area (TPSA) is 172 Å². The Hall–Kier alpha value is -2.82. The van der Waals surface area contributed by atoms with Gasteiger partial charge in [0.1, 0.15) is 12.6 Å². The summed E-state index contributed by atoms with van der Waals surface area (Å²) in [5.41, 5.74) is 5.34. The number of carbonyl (C=O) groups excluding carboxylic acids is 2. The van der Waals surface area contributed by atoms with Gasteiger partial charge in [-0.1, -0.05) is 177 Å². The fraction of sp³-hybridized carbons (Fsp3) is 0.740. The van der Waals surface area contributed by atoms with Gasteiger partial charge in [-0.15, -0.1) is 0 Å². The van der Waals surface area contributed by atoms with Crippen LogP contribution < -0.4 is 5.73 Å². The summed E-state index contributed by atoms with van der Waals surface area (Å²) in [6, 6.07) is -1.53. The molecule has 0 aliphatic carbocycles. The fourth-order valence-electron chi connectivity index (χ4n) is 6.41. The number of allylic oxidation sites excluding steroid dienone is 10. The number of rotatable bonds is 45. The number of aliphatic carboxylic acids is 1. The van der Waals surface area contributed by atoms with Gasteiger partial charge in [0.25, 0.3) is 0 Å². The summed E-state index contributed by atoms with van der Waals surface area (Å²) in [4.78, 5) is 46.1. The van der Waals surface area contributed by atoms with Crippen molar-refractivity contribution < 1.29 is 47.5 Å². The molecule has 0 heterocycles. The number of esters is 2. The molecule has 0 spiro atoms. The van der Waals surface area contributed by atoms with Crippen LogP contribution in [-0.2, 0) is 37.5 Å². The summed E-state index contributed by atoms with van der Waals surface area (Å²) in [6.07, 6.45) is 52.9. The van der Waals surface area contributed by atoms with Crippen molar-refractivity contribution in [3.8, 4) is 0 Å². The van der Waals surface area contributed by atoms with Gasteiger partial charge in [0, 0.05) is 12.8 Å². The van der Waals surface area contributed by atoms with Gasteiger partial charge in [-0.3, -0.25) is 23.4 Å². The van der Waals surface area contributed by atoms with Gasteiger partial charge in [-0.2, -0.15) is 0 Å².